The lowest BCUT2D eigenvalue weighted by atomic mass is 10.1. The van der Waals surface area contributed by atoms with E-state index in [4.69, 9.17) is 10.2 Å². The smallest absolute Gasteiger partial charge is 0.241 e. The van der Waals surface area contributed by atoms with Gasteiger partial charge in [0.1, 0.15) is 11.8 Å². The number of piperazine rings is 1. The summed E-state index contributed by atoms with van der Waals surface area (Å²) in [5.41, 5.74) is 5.66. The van der Waals surface area contributed by atoms with Gasteiger partial charge < -0.3 is 15.1 Å². The molecule has 16 heavy (non-hydrogen) atoms. The first-order valence-electron chi connectivity index (χ1n) is 5.44. The van der Waals surface area contributed by atoms with Crippen molar-refractivity contribution in [1.82, 2.24) is 9.80 Å². The van der Waals surface area contributed by atoms with Crippen LogP contribution in [0.2, 0.25) is 0 Å². The van der Waals surface area contributed by atoms with E-state index in [1.165, 1.54) is 0 Å². The molecule has 1 aromatic heterocycles. The number of rotatable bonds is 3. The van der Waals surface area contributed by atoms with Crippen LogP contribution in [0.15, 0.2) is 22.8 Å². The van der Waals surface area contributed by atoms with E-state index in [1.807, 2.05) is 19.2 Å². The number of nitrogens with zero attached hydrogens (tertiary/aromatic N) is 2. The zero-order chi connectivity index (χ0) is 11.5. The van der Waals surface area contributed by atoms with Gasteiger partial charge in [-0.1, -0.05) is 0 Å². The minimum absolute atomic E-state index is 0.0975. The molecule has 0 aromatic carbocycles. The Kier molecular flexibility index (Phi) is 3.26. The molecule has 5 nitrogen and oxygen atoms in total. The summed E-state index contributed by atoms with van der Waals surface area (Å²) in [5.74, 6) is 0.969. The molecule has 2 rings (SSSR count). The van der Waals surface area contributed by atoms with Crippen LogP contribution in [0.3, 0.4) is 0 Å². The molecule has 0 bridgehead atoms. The highest BCUT2D eigenvalue weighted by molar-refractivity contribution is 5.82. The topological polar surface area (TPSA) is 62.7 Å². The first-order valence-corrected chi connectivity index (χ1v) is 5.44. The summed E-state index contributed by atoms with van der Waals surface area (Å²) in [6.45, 7) is 2.58. The molecule has 1 atom stereocenters. The third kappa shape index (κ3) is 2.10. The van der Waals surface area contributed by atoms with Gasteiger partial charge in [-0.05, 0) is 12.1 Å². The van der Waals surface area contributed by atoms with Crippen molar-refractivity contribution >= 4 is 5.91 Å². The van der Waals surface area contributed by atoms with Crippen LogP contribution in [0.4, 0.5) is 0 Å². The Labute approximate surface area is 94.8 Å². The van der Waals surface area contributed by atoms with Crippen LogP contribution >= 0.6 is 0 Å². The minimum Gasteiger partial charge on any atom is -0.468 e. The molecule has 1 fully saturated rings. The predicted molar refractivity (Wildman–Crippen MR) is 59.6 cm³/mol. The van der Waals surface area contributed by atoms with Crippen molar-refractivity contribution in [3.8, 4) is 0 Å². The molecule has 1 unspecified atom stereocenters. The zero-order valence-corrected chi connectivity index (χ0v) is 9.43. The molecule has 0 spiro atoms. The summed E-state index contributed by atoms with van der Waals surface area (Å²) in [7, 11) is 1.81. The number of amides is 1. The Hall–Kier alpha value is -1.33. The normalized spacial score (nSPS) is 22.8. The van der Waals surface area contributed by atoms with Crippen molar-refractivity contribution in [3.63, 3.8) is 0 Å². The molecule has 0 aliphatic carbocycles. The average Bonchev–Trinajstić information content (AvgIpc) is 2.77. The van der Waals surface area contributed by atoms with Gasteiger partial charge in [-0.2, -0.15) is 0 Å². The Morgan fingerprint density at radius 1 is 1.56 bits per heavy atom. The molecule has 2 N–H and O–H groups in total. The fourth-order valence-corrected chi connectivity index (χ4v) is 2.00. The first-order chi connectivity index (χ1) is 7.72. The van der Waals surface area contributed by atoms with E-state index >= 15 is 0 Å². The maximum Gasteiger partial charge on any atom is 0.241 e. The Balaban J connectivity index is 2.06. The molecule has 1 amide bonds. The van der Waals surface area contributed by atoms with E-state index in [9.17, 15) is 4.79 Å². The van der Waals surface area contributed by atoms with Crippen LogP contribution in [0, 0.1) is 0 Å². The van der Waals surface area contributed by atoms with Crippen LogP contribution in [-0.4, -0.2) is 48.4 Å². The highest BCUT2D eigenvalue weighted by atomic mass is 16.3. The fourth-order valence-electron chi connectivity index (χ4n) is 2.00. The van der Waals surface area contributed by atoms with E-state index in [-0.39, 0.29) is 11.9 Å². The summed E-state index contributed by atoms with van der Waals surface area (Å²) >= 11 is 0. The summed E-state index contributed by atoms with van der Waals surface area (Å²) in [6, 6.07) is 3.55. The Bertz CT molecular complexity index is 350. The lowest BCUT2D eigenvalue weighted by Gasteiger charge is -2.38. The number of hydrogen-bond acceptors (Lipinski definition) is 4. The number of carbonyl (C=O) groups excluding carboxylic acids is 1. The van der Waals surface area contributed by atoms with Gasteiger partial charge in [-0.3, -0.25) is 9.69 Å². The van der Waals surface area contributed by atoms with Crippen molar-refractivity contribution in [2.75, 3.05) is 26.7 Å². The second-order valence-corrected chi connectivity index (χ2v) is 4.06. The van der Waals surface area contributed by atoms with Crippen LogP contribution in [0.1, 0.15) is 5.76 Å². The monoisotopic (exact) mass is 223 g/mol. The van der Waals surface area contributed by atoms with Gasteiger partial charge in [-0.15, -0.1) is 0 Å². The quantitative estimate of drug-likeness (QED) is 0.776. The molecule has 88 valence electrons. The molecule has 0 saturated carbocycles. The van der Waals surface area contributed by atoms with Crippen molar-refractivity contribution in [2.45, 2.75) is 12.6 Å². The van der Waals surface area contributed by atoms with Gasteiger partial charge in [0.05, 0.1) is 12.8 Å². The van der Waals surface area contributed by atoms with E-state index in [2.05, 4.69) is 4.90 Å². The number of carbonyl (C=O) groups is 1. The SMILES string of the molecule is CN1CCN(Cc2ccco2)C(CN)C1=O. The highest BCUT2D eigenvalue weighted by Gasteiger charge is 2.32. The zero-order valence-electron chi connectivity index (χ0n) is 9.43. The summed E-state index contributed by atoms with van der Waals surface area (Å²) < 4.78 is 5.28. The number of nitrogens with two attached hydrogens (primary N) is 1. The van der Waals surface area contributed by atoms with Gasteiger partial charge in [0.15, 0.2) is 0 Å². The molecule has 1 saturated heterocycles. The molecular weight excluding hydrogens is 206 g/mol. The maximum absolute atomic E-state index is 11.9. The number of hydrogen-bond donors (Lipinski definition) is 1. The molecule has 1 aliphatic rings. The van der Waals surface area contributed by atoms with Crippen molar-refractivity contribution in [2.24, 2.45) is 5.73 Å². The van der Waals surface area contributed by atoms with Crippen molar-refractivity contribution < 1.29 is 9.21 Å². The molecule has 5 heteroatoms. The van der Waals surface area contributed by atoms with Crippen LogP contribution in [0.25, 0.3) is 0 Å². The fraction of sp³-hybridized carbons (Fsp3) is 0.545. The third-order valence-corrected chi connectivity index (χ3v) is 2.99. The molecule has 2 heterocycles. The van der Waals surface area contributed by atoms with Crippen LogP contribution in [0.5, 0.6) is 0 Å². The van der Waals surface area contributed by atoms with E-state index in [0.29, 0.717) is 13.1 Å². The van der Waals surface area contributed by atoms with Gasteiger partial charge in [0.2, 0.25) is 5.91 Å². The molecule has 1 aliphatic heterocycles. The minimum atomic E-state index is -0.219. The lowest BCUT2D eigenvalue weighted by molar-refractivity contribution is -0.140. The van der Waals surface area contributed by atoms with Gasteiger partial charge in [0.25, 0.3) is 0 Å². The number of likely N-dealkylation sites (N-methyl/N-ethyl adjacent to an activating group) is 1. The first kappa shape index (κ1) is 11.2. The van der Waals surface area contributed by atoms with Crippen LogP contribution in [-0.2, 0) is 11.3 Å². The number of furan rings is 1. The second-order valence-electron chi connectivity index (χ2n) is 4.06. The van der Waals surface area contributed by atoms with Gasteiger partial charge in [0, 0.05) is 26.7 Å². The van der Waals surface area contributed by atoms with E-state index < -0.39 is 0 Å². The highest BCUT2D eigenvalue weighted by Crippen LogP contribution is 2.13. The van der Waals surface area contributed by atoms with Crippen molar-refractivity contribution in [3.05, 3.63) is 24.2 Å². The summed E-state index contributed by atoms with van der Waals surface area (Å²) in [4.78, 5) is 15.7. The van der Waals surface area contributed by atoms with Gasteiger partial charge in [-0.25, -0.2) is 0 Å². The largest absolute Gasteiger partial charge is 0.468 e. The Morgan fingerprint density at radius 2 is 2.38 bits per heavy atom. The van der Waals surface area contributed by atoms with Gasteiger partial charge >= 0.3 is 0 Å². The second kappa shape index (κ2) is 4.67. The Morgan fingerprint density at radius 3 is 3.00 bits per heavy atom. The van der Waals surface area contributed by atoms with Crippen LogP contribution < -0.4 is 5.73 Å². The summed E-state index contributed by atoms with van der Waals surface area (Å²) in [6.07, 6.45) is 1.64. The standard InChI is InChI=1S/C11H17N3O2/c1-13-4-5-14(10(7-12)11(13)15)8-9-3-2-6-16-9/h2-3,6,10H,4-5,7-8,12H2,1H3. The lowest BCUT2D eigenvalue weighted by Crippen LogP contribution is -2.57. The average molecular weight is 223 g/mol. The molecular formula is C11H17N3O2. The third-order valence-electron chi connectivity index (χ3n) is 2.99. The van der Waals surface area contributed by atoms with E-state index in [0.717, 1.165) is 18.8 Å². The van der Waals surface area contributed by atoms with Crippen molar-refractivity contribution in [1.29, 1.82) is 0 Å². The predicted octanol–water partition coefficient (Wildman–Crippen LogP) is -0.119. The maximum atomic E-state index is 11.9. The van der Waals surface area contributed by atoms with E-state index in [1.54, 1.807) is 11.2 Å². The molecule has 0 radical (unpaired) electrons. The molecule has 1 aromatic rings. The summed E-state index contributed by atoms with van der Waals surface area (Å²) in [5, 5.41) is 0.